The molecule has 9 nitrogen and oxygen atoms in total. The topological polar surface area (TPSA) is 133 Å². The van der Waals surface area contributed by atoms with E-state index in [2.05, 4.69) is 11.8 Å². The highest BCUT2D eigenvalue weighted by Gasteiger charge is 2.48. The predicted octanol–water partition coefficient (Wildman–Crippen LogP) is 1.52. The molecule has 1 aromatic carbocycles. The van der Waals surface area contributed by atoms with Crippen molar-refractivity contribution >= 4 is 21.8 Å². The molecule has 10 heteroatoms. The minimum Gasteiger partial charge on any atom is -0.481 e. The Balaban J connectivity index is 2.25. The summed E-state index contributed by atoms with van der Waals surface area (Å²) in [4.78, 5) is 24.8. The van der Waals surface area contributed by atoms with E-state index in [9.17, 15) is 23.1 Å². The van der Waals surface area contributed by atoms with Crippen LogP contribution in [0.4, 0.5) is 4.79 Å². The molecular weight excluding hydrogens is 400 g/mol. The second kappa shape index (κ2) is 9.15. The Labute approximate surface area is 169 Å². The van der Waals surface area contributed by atoms with E-state index in [-0.39, 0.29) is 30.9 Å². The summed E-state index contributed by atoms with van der Waals surface area (Å²) < 4.78 is 31.3. The molecule has 1 heterocycles. The first kappa shape index (κ1) is 22.5. The number of nitrogens with one attached hydrogen (secondary N) is 1. The van der Waals surface area contributed by atoms with Gasteiger partial charge in [0.2, 0.25) is 0 Å². The lowest BCUT2D eigenvalue weighted by atomic mass is 9.76. The summed E-state index contributed by atoms with van der Waals surface area (Å²) in [6, 6.07) is 5.18. The fourth-order valence-corrected chi connectivity index (χ4v) is 5.36. The number of carbonyl (C=O) groups is 2. The molecule has 3 N–H and O–H groups in total. The van der Waals surface area contributed by atoms with Gasteiger partial charge in [-0.05, 0) is 51.0 Å². The summed E-state index contributed by atoms with van der Waals surface area (Å²) in [5, 5.41) is 18.4. The van der Waals surface area contributed by atoms with Crippen molar-refractivity contribution in [3.05, 3.63) is 24.3 Å². The van der Waals surface area contributed by atoms with Crippen molar-refractivity contribution in [3.8, 4) is 17.6 Å². The quantitative estimate of drug-likeness (QED) is 0.358. The molecule has 0 aromatic heterocycles. The molecule has 0 spiro atoms. The van der Waals surface area contributed by atoms with Gasteiger partial charge in [0.05, 0.1) is 16.1 Å². The van der Waals surface area contributed by atoms with E-state index in [1.165, 1.54) is 24.3 Å². The minimum absolute atomic E-state index is 0.00450. The smallest absolute Gasteiger partial charge is 0.407 e. The molecule has 2 atom stereocenters. The largest absolute Gasteiger partial charge is 0.481 e. The number of hydrogen-bond donors (Lipinski definition) is 3. The van der Waals surface area contributed by atoms with Crippen LogP contribution in [0.2, 0.25) is 0 Å². The van der Waals surface area contributed by atoms with Crippen LogP contribution in [0.3, 0.4) is 0 Å². The van der Waals surface area contributed by atoms with Crippen LogP contribution in [0.5, 0.6) is 5.75 Å². The number of carbonyl (C=O) groups excluding carboxylic acids is 1. The van der Waals surface area contributed by atoms with E-state index in [4.69, 9.17) is 9.94 Å². The molecule has 0 aliphatic carbocycles. The fourth-order valence-electron chi connectivity index (χ4n) is 3.52. The molecule has 158 valence electrons. The summed E-state index contributed by atoms with van der Waals surface area (Å²) in [6.07, 6.45) is -1.18. The lowest BCUT2D eigenvalue weighted by Gasteiger charge is -2.42. The highest BCUT2D eigenvalue weighted by Crippen LogP contribution is 2.38. The lowest BCUT2D eigenvalue weighted by molar-refractivity contribution is -0.142. The third-order valence-corrected chi connectivity index (χ3v) is 6.94. The van der Waals surface area contributed by atoms with Gasteiger partial charge in [-0.15, -0.1) is 5.92 Å². The van der Waals surface area contributed by atoms with Crippen LogP contribution in [0.1, 0.15) is 26.7 Å². The maximum atomic E-state index is 13.0. The van der Waals surface area contributed by atoms with E-state index in [1.54, 1.807) is 19.3 Å². The van der Waals surface area contributed by atoms with Crippen molar-refractivity contribution in [1.82, 2.24) is 10.4 Å². The van der Waals surface area contributed by atoms with E-state index in [1.807, 2.05) is 0 Å². The zero-order valence-electron chi connectivity index (χ0n) is 16.2. The number of likely N-dealkylation sites (tertiary alicyclic amines) is 1. The van der Waals surface area contributed by atoms with Gasteiger partial charge in [-0.3, -0.25) is 10.0 Å². The second-order valence-electron chi connectivity index (χ2n) is 6.95. The highest BCUT2D eigenvalue weighted by atomic mass is 32.2. The van der Waals surface area contributed by atoms with Gasteiger partial charge in [-0.2, -0.15) is 0 Å². The molecule has 1 fully saturated rings. The molecule has 2 rings (SSSR count). The normalized spacial score (nSPS) is 21.6. The zero-order valence-corrected chi connectivity index (χ0v) is 17.0. The van der Waals surface area contributed by atoms with Gasteiger partial charge >= 0.3 is 6.09 Å². The Hall–Kier alpha value is -2.77. The van der Waals surface area contributed by atoms with Crippen LogP contribution in [0.25, 0.3) is 0 Å². The number of amides is 2. The third-order valence-electron chi connectivity index (χ3n) is 5.02. The number of nitrogens with zero attached hydrogens (tertiary/aromatic N) is 1. The summed E-state index contributed by atoms with van der Waals surface area (Å²) >= 11 is 0. The molecule has 2 unspecified atom stereocenters. The van der Waals surface area contributed by atoms with Crippen molar-refractivity contribution in [2.45, 2.75) is 37.6 Å². The number of carboxylic acid groups (broad SMARTS) is 1. The molecule has 0 bridgehead atoms. The molecule has 1 aromatic rings. The maximum absolute atomic E-state index is 13.0. The first-order valence-corrected chi connectivity index (χ1v) is 10.6. The molecule has 1 aliphatic heterocycles. The van der Waals surface area contributed by atoms with Gasteiger partial charge in [-0.1, -0.05) is 5.92 Å². The van der Waals surface area contributed by atoms with Gasteiger partial charge in [0, 0.05) is 12.6 Å². The minimum atomic E-state index is -3.90. The fraction of sp³-hybridized carbons (Fsp3) is 0.474. The highest BCUT2D eigenvalue weighted by molar-refractivity contribution is 7.91. The van der Waals surface area contributed by atoms with Crippen molar-refractivity contribution in [1.29, 1.82) is 0 Å². The average molecular weight is 424 g/mol. The number of sulfone groups is 1. The Bertz CT molecular complexity index is 918. The van der Waals surface area contributed by atoms with Crippen LogP contribution in [-0.2, 0) is 14.6 Å². The summed E-state index contributed by atoms with van der Waals surface area (Å²) in [7, 11) is -3.90. The van der Waals surface area contributed by atoms with E-state index >= 15 is 0 Å². The monoisotopic (exact) mass is 424 g/mol. The molecule has 0 radical (unpaired) electrons. The van der Waals surface area contributed by atoms with Crippen LogP contribution < -0.4 is 10.2 Å². The van der Waals surface area contributed by atoms with Crippen molar-refractivity contribution < 1.29 is 33.1 Å². The Kier molecular flexibility index (Phi) is 7.11. The van der Waals surface area contributed by atoms with E-state index in [0.717, 1.165) is 4.90 Å². The van der Waals surface area contributed by atoms with Gasteiger partial charge in [0.25, 0.3) is 5.91 Å². The first-order chi connectivity index (χ1) is 13.6. The third kappa shape index (κ3) is 5.19. The SMILES string of the molecule is CC#CCOc1ccc(S(=O)(=O)CC2(C(=O)NO)CCN(C(=O)O)C(C)C2)cc1. The number of benzene rings is 1. The van der Waals surface area contributed by atoms with Crippen molar-refractivity contribution in [2.75, 3.05) is 18.9 Å². The average Bonchev–Trinajstić information content (AvgIpc) is 2.67. The molecule has 29 heavy (non-hydrogen) atoms. The van der Waals surface area contributed by atoms with E-state index in [0.29, 0.717) is 5.75 Å². The molecule has 2 amide bonds. The predicted molar refractivity (Wildman–Crippen MR) is 103 cm³/mol. The number of hydrogen-bond acceptors (Lipinski definition) is 6. The molecular formula is C19H24N2O7S. The van der Waals surface area contributed by atoms with Crippen molar-refractivity contribution in [2.24, 2.45) is 5.41 Å². The number of rotatable bonds is 6. The molecule has 1 aliphatic rings. The van der Waals surface area contributed by atoms with Gasteiger partial charge in [0.1, 0.15) is 12.4 Å². The van der Waals surface area contributed by atoms with Crippen LogP contribution in [0.15, 0.2) is 29.2 Å². The lowest BCUT2D eigenvalue weighted by Crippen LogP contribution is -2.55. The van der Waals surface area contributed by atoms with Crippen molar-refractivity contribution in [3.63, 3.8) is 0 Å². The Morgan fingerprint density at radius 1 is 1.34 bits per heavy atom. The van der Waals surface area contributed by atoms with Gasteiger partial charge < -0.3 is 14.7 Å². The molecule has 1 saturated heterocycles. The number of ether oxygens (including phenoxy) is 1. The van der Waals surface area contributed by atoms with Crippen LogP contribution in [-0.4, -0.2) is 60.6 Å². The maximum Gasteiger partial charge on any atom is 0.407 e. The summed E-state index contributed by atoms with van der Waals surface area (Å²) in [6.45, 7) is 3.45. The van der Waals surface area contributed by atoms with Gasteiger partial charge in [-0.25, -0.2) is 18.7 Å². The first-order valence-electron chi connectivity index (χ1n) is 8.94. The second-order valence-corrected chi connectivity index (χ2v) is 8.94. The summed E-state index contributed by atoms with van der Waals surface area (Å²) in [5.41, 5.74) is 0.110. The van der Waals surface area contributed by atoms with Crippen LogP contribution >= 0.6 is 0 Å². The molecule has 0 saturated carbocycles. The Morgan fingerprint density at radius 2 is 2.00 bits per heavy atom. The number of piperidine rings is 1. The standard InChI is InChI=1S/C19H24N2O7S/c1-3-4-11-28-15-5-7-16(8-6-15)29(26,27)13-19(17(22)20-25)9-10-21(18(23)24)14(2)12-19/h5-8,14,25H,9-13H2,1-2H3,(H,20,22)(H,23,24). The number of hydroxylamine groups is 1. The zero-order chi connectivity index (χ0) is 21.7. The van der Waals surface area contributed by atoms with Gasteiger partial charge in [0.15, 0.2) is 9.84 Å². The van der Waals surface area contributed by atoms with E-state index < -0.39 is 39.0 Å². The summed E-state index contributed by atoms with van der Waals surface area (Å²) in [5.74, 6) is 4.48. The van der Waals surface area contributed by atoms with Crippen LogP contribution in [0, 0.1) is 17.3 Å². The Morgan fingerprint density at radius 3 is 2.52 bits per heavy atom.